The van der Waals surface area contributed by atoms with Crippen LogP contribution in [0.25, 0.3) is 0 Å². The molecule has 16 heavy (non-hydrogen) atoms. The van der Waals surface area contributed by atoms with Gasteiger partial charge < -0.3 is 9.84 Å². The van der Waals surface area contributed by atoms with Crippen LogP contribution in [0.2, 0.25) is 0 Å². The van der Waals surface area contributed by atoms with Gasteiger partial charge in [0, 0.05) is 19.1 Å². The summed E-state index contributed by atoms with van der Waals surface area (Å²) in [6.45, 7) is 9.60. The second-order valence-electron chi connectivity index (χ2n) is 5.02. The molecule has 0 spiro atoms. The molecular formula is C12H23NO3. The molecular weight excluding hydrogens is 206 g/mol. The van der Waals surface area contributed by atoms with Gasteiger partial charge >= 0.3 is 5.97 Å². The van der Waals surface area contributed by atoms with Crippen LogP contribution in [0.4, 0.5) is 0 Å². The molecule has 4 heteroatoms. The van der Waals surface area contributed by atoms with Crippen molar-refractivity contribution in [3.05, 3.63) is 0 Å². The quantitative estimate of drug-likeness (QED) is 0.715. The number of aliphatic hydroxyl groups is 1. The van der Waals surface area contributed by atoms with Gasteiger partial charge in [-0.25, -0.2) is 0 Å². The van der Waals surface area contributed by atoms with Crippen molar-refractivity contribution >= 4 is 5.97 Å². The first-order valence-electron chi connectivity index (χ1n) is 6.01. The van der Waals surface area contributed by atoms with Crippen LogP contribution in [0.3, 0.4) is 0 Å². The first kappa shape index (κ1) is 13.5. The van der Waals surface area contributed by atoms with Gasteiger partial charge in [0.2, 0.25) is 0 Å². The molecule has 0 aromatic carbocycles. The summed E-state index contributed by atoms with van der Waals surface area (Å²) in [5.41, 5.74) is -0.567. The summed E-state index contributed by atoms with van der Waals surface area (Å²) in [6.07, 6.45) is 0.405. The smallest absolute Gasteiger partial charge is 0.307 e. The Hall–Kier alpha value is -0.610. The van der Waals surface area contributed by atoms with Crippen LogP contribution < -0.4 is 0 Å². The molecule has 1 saturated heterocycles. The Kier molecular flexibility index (Phi) is 4.33. The molecule has 1 aliphatic heterocycles. The van der Waals surface area contributed by atoms with E-state index in [9.17, 15) is 9.90 Å². The van der Waals surface area contributed by atoms with Gasteiger partial charge in [-0.2, -0.15) is 0 Å². The maximum Gasteiger partial charge on any atom is 0.307 e. The Morgan fingerprint density at radius 3 is 2.44 bits per heavy atom. The highest BCUT2D eigenvalue weighted by molar-refractivity contribution is 5.70. The molecule has 1 rings (SSSR count). The van der Waals surface area contributed by atoms with Crippen molar-refractivity contribution in [2.75, 3.05) is 19.7 Å². The molecule has 0 radical (unpaired) electrons. The molecule has 1 fully saturated rings. The van der Waals surface area contributed by atoms with Gasteiger partial charge in [0.15, 0.2) is 0 Å². The normalized spacial score (nSPS) is 21.6. The highest BCUT2D eigenvalue weighted by Crippen LogP contribution is 2.30. The average molecular weight is 229 g/mol. The van der Waals surface area contributed by atoms with Crippen molar-refractivity contribution in [3.8, 4) is 0 Å². The van der Waals surface area contributed by atoms with Gasteiger partial charge in [0.1, 0.15) is 0 Å². The Morgan fingerprint density at radius 1 is 1.44 bits per heavy atom. The number of nitrogens with zero attached hydrogens (tertiary/aromatic N) is 1. The van der Waals surface area contributed by atoms with E-state index in [-0.39, 0.29) is 17.9 Å². The summed E-state index contributed by atoms with van der Waals surface area (Å²) in [4.78, 5) is 13.4. The molecule has 94 valence electrons. The largest absolute Gasteiger partial charge is 0.466 e. The molecule has 1 aliphatic rings. The van der Waals surface area contributed by atoms with E-state index in [1.807, 2.05) is 27.7 Å². The predicted molar refractivity (Wildman–Crippen MR) is 62.1 cm³/mol. The number of carbonyl (C=O) groups excluding carboxylic acids is 1. The summed E-state index contributed by atoms with van der Waals surface area (Å²) in [6, 6.07) is 0.151. The van der Waals surface area contributed by atoms with Crippen LogP contribution in [0.5, 0.6) is 0 Å². The van der Waals surface area contributed by atoms with Crippen molar-refractivity contribution in [2.24, 2.45) is 5.92 Å². The summed E-state index contributed by atoms with van der Waals surface area (Å²) >= 11 is 0. The Bertz CT molecular complexity index is 247. The van der Waals surface area contributed by atoms with E-state index in [4.69, 9.17) is 4.74 Å². The lowest BCUT2D eigenvalue weighted by Gasteiger charge is -2.51. The lowest BCUT2D eigenvalue weighted by Crippen LogP contribution is -2.66. The van der Waals surface area contributed by atoms with Crippen LogP contribution in [0.1, 0.15) is 34.1 Å². The third-order valence-corrected chi connectivity index (χ3v) is 3.42. The molecule has 0 aliphatic carbocycles. The van der Waals surface area contributed by atoms with E-state index in [1.165, 1.54) is 0 Å². The van der Waals surface area contributed by atoms with E-state index >= 15 is 0 Å². The Labute approximate surface area is 97.6 Å². The fourth-order valence-corrected chi connectivity index (χ4v) is 1.92. The number of hydrogen-bond acceptors (Lipinski definition) is 4. The molecule has 1 unspecified atom stereocenters. The highest BCUT2D eigenvalue weighted by atomic mass is 16.5. The molecule has 1 heterocycles. The van der Waals surface area contributed by atoms with Crippen molar-refractivity contribution in [2.45, 2.75) is 45.8 Å². The zero-order chi connectivity index (χ0) is 12.3. The summed E-state index contributed by atoms with van der Waals surface area (Å²) in [5.74, 6) is 0.105. The third kappa shape index (κ3) is 2.95. The maximum atomic E-state index is 11.3. The van der Waals surface area contributed by atoms with Crippen LogP contribution in [-0.4, -0.2) is 47.3 Å². The second kappa shape index (κ2) is 5.15. The summed E-state index contributed by atoms with van der Waals surface area (Å²) in [5, 5.41) is 10.1. The number of carbonyl (C=O) groups is 1. The SMILES string of the molecule is CCOC(=O)CC(C)N1CC(O)(C(C)C)C1. The molecule has 4 nitrogen and oxygen atoms in total. The van der Waals surface area contributed by atoms with Crippen molar-refractivity contribution in [1.29, 1.82) is 0 Å². The monoisotopic (exact) mass is 229 g/mol. The number of hydrogen-bond donors (Lipinski definition) is 1. The van der Waals surface area contributed by atoms with E-state index in [0.717, 1.165) is 0 Å². The zero-order valence-electron chi connectivity index (χ0n) is 10.7. The molecule has 1 N–H and O–H groups in total. The molecule has 0 aromatic rings. The molecule has 0 bridgehead atoms. The van der Waals surface area contributed by atoms with Gasteiger partial charge in [-0.1, -0.05) is 13.8 Å². The lowest BCUT2D eigenvalue weighted by molar-refractivity contribution is -0.155. The number of rotatable bonds is 5. The first-order chi connectivity index (χ1) is 7.39. The molecule has 0 amide bonds. The Morgan fingerprint density at radius 2 is 2.00 bits per heavy atom. The minimum absolute atomic E-state index is 0.151. The van der Waals surface area contributed by atoms with Gasteiger partial charge in [-0.15, -0.1) is 0 Å². The number of ether oxygens (including phenoxy) is 1. The topological polar surface area (TPSA) is 49.8 Å². The minimum atomic E-state index is -0.567. The molecule has 0 aromatic heterocycles. The number of esters is 1. The van der Waals surface area contributed by atoms with E-state index in [1.54, 1.807) is 0 Å². The standard InChI is InChI=1S/C12H23NO3/c1-5-16-11(14)6-10(4)13-7-12(15,8-13)9(2)3/h9-10,15H,5-8H2,1-4H3. The number of β-amino-alcohol motifs (C(OH)–C–C–N with tert-alkyl or cyclic N) is 1. The zero-order valence-corrected chi connectivity index (χ0v) is 10.7. The molecule has 1 atom stereocenters. The van der Waals surface area contributed by atoms with Crippen LogP contribution in [0.15, 0.2) is 0 Å². The van der Waals surface area contributed by atoms with Crippen molar-refractivity contribution in [1.82, 2.24) is 4.90 Å². The highest BCUT2D eigenvalue weighted by Gasteiger charge is 2.45. The predicted octanol–water partition coefficient (Wildman–Crippen LogP) is 1.03. The third-order valence-electron chi connectivity index (χ3n) is 3.42. The van der Waals surface area contributed by atoms with Crippen molar-refractivity contribution < 1.29 is 14.6 Å². The van der Waals surface area contributed by atoms with Crippen LogP contribution >= 0.6 is 0 Å². The van der Waals surface area contributed by atoms with Gasteiger partial charge in [0.25, 0.3) is 0 Å². The van der Waals surface area contributed by atoms with E-state index in [2.05, 4.69) is 4.90 Å². The van der Waals surface area contributed by atoms with Crippen molar-refractivity contribution in [3.63, 3.8) is 0 Å². The van der Waals surface area contributed by atoms with Gasteiger partial charge in [-0.05, 0) is 19.8 Å². The Balaban J connectivity index is 2.32. The fraction of sp³-hybridized carbons (Fsp3) is 0.917. The lowest BCUT2D eigenvalue weighted by atomic mass is 9.82. The number of likely N-dealkylation sites (tertiary alicyclic amines) is 1. The second-order valence-corrected chi connectivity index (χ2v) is 5.02. The summed E-state index contributed by atoms with van der Waals surface area (Å²) < 4.78 is 4.90. The minimum Gasteiger partial charge on any atom is -0.466 e. The van der Waals surface area contributed by atoms with Crippen LogP contribution in [0, 0.1) is 5.92 Å². The first-order valence-corrected chi connectivity index (χ1v) is 6.01. The van der Waals surface area contributed by atoms with Crippen LogP contribution in [-0.2, 0) is 9.53 Å². The maximum absolute atomic E-state index is 11.3. The van der Waals surface area contributed by atoms with E-state index < -0.39 is 5.60 Å². The molecule has 0 saturated carbocycles. The van der Waals surface area contributed by atoms with E-state index in [0.29, 0.717) is 26.1 Å². The van der Waals surface area contributed by atoms with Gasteiger partial charge in [-0.3, -0.25) is 9.69 Å². The van der Waals surface area contributed by atoms with Gasteiger partial charge in [0.05, 0.1) is 18.6 Å². The summed E-state index contributed by atoms with van der Waals surface area (Å²) in [7, 11) is 0. The fourth-order valence-electron chi connectivity index (χ4n) is 1.92. The average Bonchev–Trinajstić information content (AvgIpc) is 2.12.